The minimum atomic E-state index is -0.141. The Hall–Kier alpha value is -0.570. The van der Waals surface area contributed by atoms with E-state index in [1.807, 2.05) is 11.9 Å². The second-order valence-electron chi connectivity index (χ2n) is 5.45. The first kappa shape index (κ1) is 10.9. The second kappa shape index (κ2) is 4.12. The molecule has 1 aliphatic heterocycles. The average molecular weight is 210 g/mol. The zero-order valence-electron chi connectivity index (χ0n) is 9.88. The number of hydrogen-bond donors (Lipinski definition) is 1. The fourth-order valence-corrected chi connectivity index (χ4v) is 2.34. The maximum atomic E-state index is 12.2. The fraction of sp³-hybridized carbons (Fsp3) is 0.917. The van der Waals surface area contributed by atoms with Gasteiger partial charge in [0.15, 0.2) is 0 Å². The van der Waals surface area contributed by atoms with E-state index in [0.29, 0.717) is 5.91 Å². The van der Waals surface area contributed by atoms with E-state index in [2.05, 4.69) is 12.2 Å². The molecule has 1 saturated carbocycles. The molecule has 1 saturated heterocycles. The molecule has 0 aromatic rings. The van der Waals surface area contributed by atoms with Crippen molar-refractivity contribution in [3.63, 3.8) is 0 Å². The van der Waals surface area contributed by atoms with Crippen LogP contribution < -0.4 is 5.32 Å². The van der Waals surface area contributed by atoms with Gasteiger partial charge in [-0.15, -0.1) is 0 Å². The van der Waals surface area contributed by atoms with Crippen molar-refractivity contribution in [2.45, 2.75) is 32.6 Å². The van der Waals surface area contributed by atoms with Crippen molar-refractivity contribution in [2.24, 2.45) is 11.3 Å². The van der Waals surface area contributed by atoms with E-state index in [0.717, 1.165) is 32.0 Å². The Labute approximate surface area is 92.2 Å². The van der Waals surface area contributed by atoms with Crippen molar-refractivity contribution in [3.8, 4) is 0 Å². The third kappa shape index (κ3) is 2.51. The molecule has 0 aromatic carbocycles. The largest absolute Gasteiger partial charge is 0.345 e. The van der Waals surface area contributed by atoms with E-state index in [1.165, 1.54) is 19.3 Å². The third-order valence-electron chi connectivity index (χ3n) is 3.80. The Balaban J connectivity index is 1.82. The number of carbonyl (C=O) groups is 1. The Morgan fingerprint density at radius 1 is 1.53 bits per heavy atom. The van der Waals surface area contributed by atoms with E-state index in [4.69, 9.17) is 0 Å². The molecule has 1 aliphatic carbocycles. The number of nitrogens with one attached hydrogen (secondary N) is 1. The maximum absolute atomic E-state index is 12.2. The highest BCUT2D eigenvalue weighted by molar-refractivity contribution is 5.82. The first-order valence-corrected chi connectivity index (χ1v) is 6.08. The summed E-state index contributed by atoms with van der Waals surface area (Å²) in [6.45, 7) is 4.86. The van der Waals surface area contributed by atoms with Crippen LogP contribution >= 0.6 is 0 Å². The van der Waals surface area contributed by atoms with Gasteiger partial charge in [0.2, 0.25) is 5.91 Å². The summed E-state index contributed by atoms with van der Waals surface area (Å²) in [5.74, 6) is 1.24. The molecule has 1 unspecified atom stereocenters. The summed E-state index contributed by atoms with van der Waals surface area (Å²) in [6.07, 6.45) is 4.94. The summed E-state index contributed by atoms with van der Waals surface area (Å²) in [4.78, 5) is 14.1. The van der Waals surface area contributed by atoms with Gasteiger partial charge in [0.05, 0.1) is 5.41 Å². The quantitative estimate of drug-likeness (QED) is 0.757. The normalized spacial score (nSPS) is 30.5. The molecular formula is C12H22N2O. The summed E-state index contributed by atoms with van der Waals surface area (Å²) < 4.78 is 0. The Kier molecular flexibility index (Phi) is 3.01. The molecule has 3 heteroatoms. The van der Waals surface area contributed by atoms with Crippen LogP contribution in [-0.2, 0) is 4.79 Å². The minimum absolute atomic E-state index is 0.141. The predicted octanol–water partition coefficient (Wildman–Crippen LogP) is 1.24. The molecule has 1 amide bonds. The van der Waals surface area contributed by atoms with Gasteiger partial charge in [-0.05, 0) is 32.2 Å². The molecule has 1 atom stereocenters. The van der Waals surface area contributed by atoms with E-state index in [9.17, 15) is 4.79 Å². The molecule has 86 valence electrons. The Bertz CT molecular complexity index is 242. The van der Waals surface area contributed by atoms with Crippen molar-refractivity contribution < 1.29 is 4.79 Å². The summed E-state index contributed by atoms with van der Waals surface area (Å²) >= 11 is 0. The van der Waals surface area contributed by atoms with Gasteiger partial charge in [-0.1, -0.05) is 12.8 Å². The molecule has 0 spiro atoms. The van der Waals surface area contributed by atoms with Gasteiger partial charge in [-0.3, -0.25) is 4.79 Å². The van der Waals surface area contributed by atoms with Crippen LogP contribution in [0.5, 0.6) is 0 Å². The van der Waals surface area contributed by atoms with Crippen molar-refractivity contribution in [3.05, 3.63) is 0 Å². The Morgan fingerprint density at radius 3 is 2.80 bits per heavy atom. The summed E-state index contributed by atoms with van der Waals surface area (Å²) in [7, 11) is 1.95. The molecule has 0 aromatic heterocycles. The smallest absolute Gasteiger partial charge is 0.229 e. The number of rotatable bonds is 4. The highest BCUT2D eigenvalue weighted by atomic mass is 16.2. The Morgan fingerprint density at radius 2 is 2.27 bits per heavy atom. The van der Waals surface area contributed by atoms with Crippen molar-refractivity contribution >= 4 is 5.91 Å². The molecule has 15 heavy (non-hydrogen) atoms. The van der Waals surface area contributed by atoms with Crippen molar-refractivity contribution in [1.29, 1.82) is 0 Å². The van der Waals surface area contributed by atoms with Gasteiger partial charge in [0.1, 0.15) is 0 Å². The lowest BCUT2D eigenvalue weighted by Gasteiger charge is -2.28. The SMILES string of the molecule is CN(CCC1CC1)C(=O)C1(C)CCNC1. The van der Waals surface area contributed by atoms with Crippen LogP contribution in [0.3, 0.4) is 0 Å². The van der Waals surface area contributed by atoms with Gasteiger partial charge in [0, 0.05) is 20.1 Å². The predicted molar refractivity (Wildman–Crippen MR) is 60.6 cm³/mol. The van der Waals surface area contributed by atoms with E-state index in [-0.39, 0.29) is 5.41 Å². The van der Waals surface area contributed by atoms with Crippen molar-refractivity contribution in [2.75, 3.05) is 26.7 Å². The molecule has 2 fully saturated rings. The van der Waals surface area contributed by atoms with Crippen LogP contribution in [0.25, 0.3) is 0 Å². The lowest BCUT2D eigenvalue weighted by atomic mass is 9.88. The summed E-state index contributed by atoms with van der Waals surface area (Å²) in [5, 5.41) is 3.28. The first-order chi connectivity index (χ1) is 7.12. The lowest BCUT2D eigenvalue weighted by molar-refractivity contribution is -0.138. The van der Waals surface area contributed by atoms with E-state index < -0.39 is 0 Å². The first-order valence-electron chi connectivity index (χ1n) is 6.08. The molecule has 0 radical (unpaired) electrons. The van der Waals surface area contributed by atoms with Gasteiger partial charge in [-0.25, -0.2) is 0 Å². The zero-order chi connectivity index (χ0) is 10.9. The van der Waals surface area contributed by atoms with Gasteiger partial charge in [0.25, 0.3) is 0 Å². The van der Waals surface area contributed by atoms with Gasteiger partial charge in [-0.2, -0.15) is 0 Å². The van der Waals surface area contributed by atoms with E-state index in [1.54, 1.807) is 0 Å². The molecule has 1 heterocycles. The molecule has 1 N–H and O–H groups in total. The summed E-state index contributed by atoms with van der Waals surface area (Å²) in [6, 6.07) is 0. The minimum Gasteiger partial charge on any atom is -0.345 e. The molecule has 2 rings (SSSR count). The number of amides is 1. The number of nitrogens with zero attached hydrogens (tertiary/aromatic N) is 1. The zero-order valence-corrected chi connectivity index (χ0v) is 9.88. The van der Waals surface area contributed by atoms with Crippen LogP contribution in [-0.4, -0.2) is 37.5 Å². The molecule has 2 aliphatic rings. The van der Waals surface area contributed by atoms with Crippen molar-refractivity contribution in [1.82, 2.24) is 10.2 Å². The van der Waals surface area contributed by atoms with E-state index >= 15 is 0 Å². The molecular weight excluding hydrogens is 188 g/mol. The van der Waals surface area contributed by atoms with Crippen LogP contribution in [0.1, 0.15) is 32.6 Å². The second-order valence-corrected chi connectivity index (χ2v) is 5.45. The highest BCUT2D eigenvalue weighted by Crippen LogP contribution is 2.33. The maximum Gasteiger partial charge on any atom is 0.229 e. The third-order valence-corrected chi connectivity index (χ3v) is 3.80. The van der Waals surface area contributed by atoms with Crippen LogP contribution in [0.4, 0.5) is 0 Å². The van der Waals surface area contributed by atoms with Crippen LogP contribution in [0.15, 0.2) is 0 Å². The molecule has 0 bridgehead atoms. The number of carbonyl (C=O) groups excluding carboxylic acids is 1. The average Bonchev–Trinajstić information content (AvgIpc) is 2.96. The van der Waals surface area contributed by atoms with Gasteiger partial charge >= 0.3 is 0 Å². The van der Waals surface area contributed by atoms with Crippen LogP contribution in [0.2, 0.25) is 0 Å². The highest BCUT2D eigenvalue weighted by Gasteiger charge is 2.38. The molecule has 3 nitrogen and oxygen atoms in total. The monoisotopic (exact) mass is 210 g/mol. The number of hydrogen-bond acceptors (Lipinski definition) is 2. The fourth-order valence-electron chi connectivity index (χ4n) is 2.34. The summed E-state index contributed by atoms with van der Waals surface area (Å²) in [5.41, 5.74) is -0.141. The standard InChI is InChI=1S/C12H22N2O/c1-12(6-7-13-9-12)11(15)14(2)8-5-10-3-4-10/h10,13H,3-9H2,1-2H3. The topological polar surface area (TPSA) is 32.3 Å². The van der Waals surface area contributed by atoms with Gasteiger partial charge < -0.3 is 10.2 Å². The van der Waals surface area contributed by atoms with Crippen LogP contribution in [0, 0.1) is 11.3 Å². The lowest BCUT2D eigenvalue weighted by Crippen LogP contribution is -2.42.